The van der Waals surface area contributed by atoms with Crippen LogP contribution < -0.4 is 0 Å². The molecule has 0 spiro atoms. The molecular weight excluding hydrogens is 1060 g/mol. The molecule has 0 fully saturated rings. The first-order valence-corrected chi connectivity index (χ1v) is 39.8. The van der Waals surface area contributed by atoms with Gasteiger partial charge in [-0.15, -0.1) is 0 Å². The lowest BCUT2D eigenvalue weighted by atomic mass is 10.2. The molecule has 0 N–H and O–H groups in total. The third kappa shape index (κ3) is 58.0. The second kappa shape index (κ2) is 66.5. The van der Waals surface area contributed by atoms with Crippen molar-refractivity contribution in [1.29, 1.82) is 0 Å². The largest absolute Gasteiger partial charge is 0.500 e. The third-order valence-corrected chi connectivity index (χ3v) is 21.3. The Bertz CT molecular complexity index is 1230. The Morgan fingerprint density at radius 3 is 0.590 bits per heavy atom. The molecule has 0 aliphatic carbocycles. The molecule has 0 saturated carbocycles. The van der Waals surface area contributed by atoms with E-state index in [-0.39, 0.29) is 0 Å². The van der Waals surface area contributed by atoms with E-state index in [0.29, 0.717) is 39.6 Å². The summed E-state index contributed by atoms with van der Waals surface area (Å²) in [5.41, 5.74) is 0. The van der Waals surface area contributed by atoms with Gasteiger partial charge in [-0.25, -0.2) is 0 Å². The zero-order valence-corrected chi connectivity index (χ0v) is 58.7. The molecule has 0 saturated heterocycles. The van der Waals surface area contributed by atoms with Gasteiger partial charge in [0.1, 0.15) is 0 Å². The van der Waals surface area contributed by atoms with Crippen LogP contribution in [0.3, 0.4) is 0 Å². The van der Waals surface area contributed by atoms with Gasteiger partial charge in [-0.05, 0) is 226 Å². The summed E-state index contributed by atoms with van der Waals surface area (Å²) in [4.78, 5) is 5.07. The smallest absolute Gasteiger partial charge is 0.373 e. The van der Waals surface area contributed by atoms with E-state index in [1.54, 1.807) is 0 Å². The van der Waals surface area contributed by atoms with E-state index in [1.807, 2.05) is 0 Å². The summed E-state index contributed by atoms with van der Waals surface area (Å²) in [6.45, 7) is 22.3. The molecule has 488 valence electrons. The quantitative estimate of drug-likeness (QED) is 0.0339. The van der Waals surface area contributed by atoms with Crippen molar-refractivity contribution in [3.05, 3.63) is 72.9 Å². The van der Waals surface area contributed by atoms with Crippen molar-refractivity contribution < 1.29 is 26.6 Å². The van der Waals surface area contributed by atoms with E-state index in [1.165, 1.54) is 154 Å². The van der Waals surface area contributed by atoms with Gasteiger partial charge in [0, 0.05) is 51.7 Å². The van der Waals surface area contributed by atoms with Crippen molar-refractivity contribution in [3.63, 3.8) is 0 Å². The predicted molar refractivity (Wildman–Crippen MR) is 370 cm³/mol. The highest BCUT2D eigenvalue weighted by atomic mass is 28.4. The van der Waals surface area contributed by atoms with Gasteiger partial charge >= 0.3 is 17.6 Å². The average molecular weight is 1200 g/mol. The van der Waals surface area contributed by atoms with Crippen LogP contribution in [0.2, 0.25) is 12.1 Å². The summed E-state index contributed by atoms with van der Waals surface area (Å²) < 4.78 is 41.3. The Labute approximate surface area is 521 Å². The van der Waals surface area contributed by atoms with Gasteiger partial charge in [-0.1, -0.05) is 192 Å². The number of nitrogens with zero attached hydrogens (tertiary/aromatic N) is 2. The van der Waals surface area contributed by atoms with E-state index in [2.05, 4.69) is 138 Å². The summed E-state index contributed by atoms with van der Waals surface area (Å²) in [5.74, 6) is 0. The predicted octanol–water partition coefficient (Wildman–Crippen LogP) is 22.3. The highest BCUT2D eigenvalue weighted by molar-refractivity contribution is 6.61. The molecule has 0 aromatic heterocycles. The monoisotopic (exact) mass is 1200 g/mol. The van der Waals surface area contributed by atoms with Gasteiger partial charge in [0.05, 0.1) is 0 Å². The van der Waals surface area contributed by atoms with Crippen LogP contribution in [0.5, 0.6) is 0 Å². The van der Waals surface area contributed by atoms with Crippen LogP contribution >= 0.6 is 0 Å². The number of unbranched alkanes of at least 4 members (excludes halogenated alkanes) is 26. The molecule has 10 heteroatoms. The molecule has 0 aliphatic heterocycles. The molecule has 0 radical (unpaired) electrons. The highest BCUT2D eigenvalue weighted by Crippen LogP contribution is 2.24. The molecule has 0 aromatic rings. The maximum absolute atomic E-state index is 6.88. The van der Waals surface area contributed by atoms with E-state index in [4.69, 9.17) is 26.6 Å². The van der Waals surface area contributed by atoms with Gasteiger partial charge in [0.25, 0.3) is 0 Å². The van der Waals surface area contributed by atoms with Crippen LogP contribution in [0, 0.1) is 0 Å². The van der Waals surface area contributed by atoms with Crippen LogP contribution in [0.25, 0.3) is 0 Å². The minimum atomic E-state index is -2.87. The summed E-state index contributed by atoms with van der Waals surface area (Å²) in [5, 5.41) is 0. The lowest BCUT2D eigenvalue weighted by Crippen LogP contribution is -2.46. The zero-order valence-electron chi connectivity index (χ0n) is 56.7. The first kappa shape index (κ1) is 81.6. The van der Waals surface area contributed by atoms with Crippen LogP contribution in [-0.4, -0.2) is 107 Å². The molecule has 8 nitrogen and oxygen atoms in total. The summed E-state index contributed by atoms with van der Waals surface area (Å²) in [6.07, 6.45) is 76.6. The van der Waals surface area contributed by atoms with Crippen molar-refractivity contribution >= 4 is 17.6 Å². The lowest BCUT2D eigenvalue weighted by molar-refractivity contribution is 0.0558. The molecule has 0 aromatic carbocycles. The van der Waals surface area contributed by atoms with Gasteiger partial charge in [0.2, 0.25) is 0 Å². The van der Waals surface area contributed by atoms with E-state index < -0.39 is 17.6 Å². The topological polar surface area (TPSA) is 61.9 Å². The van der Waals surface area contributed by atoms with Crippen LogP contribution in [0.4, 0.5) is 0 Å². The second-order valence-corrected chi connectivity index (χ2v) is 29.5. The Morgan fingerprint density at radius 1 is 0.217 bits per heavy atom. The fraction of sp³-hybridized carbons (Fsp3) is 0.836. The fourth-order valence-corrected chi connectivity index (χ4v) is 15.5. The van der Waals surface area contributed by atoms with Crippen molar-refractivity contribution in [2.75, 3.05) is 79.9 Å². The van der Waals surface area contributed by atoms with Gasteiger partial charge in [-0.3, -0.25) is 0 Å². The molecule has 0 aliphatic rings. The summed E-state index contributed by atoms with van der Waals surface area (Å²) >= 11 is 0. The minimum Gasteiger partial charge on any atom is -0.373 e. The summed E-state index contributed by atoms with van der Waals surface area (Å²) in [6, 6.07) is 1.79. The first-order valence-electron chi connectivity index (χ1n) is 36.0. The Balaban J connectivity index is 5.65. The normalized spacial score (nSPS) is 12.9. The number of allylic oxidation sites excluding steroid dienone is 12. The molecule has 83 heavy (non-hydrogen) atoms. The lowest BCUT2D eigenvalue weighted by Gasteiger charge is -2.30. The molecule has 0 bridgehead atoms. The standard InChI is InChI=1S/C73H142N2O6Si2/c1-9-15-21-27-33-39-45-53-66-76-82(77-67-54-46-40-34-28-22-16-10-2,78-68-55-47-41-35-29-23-17-11-3)72-59-51-62-74(7)64-61-65-75(8)63-52-60-73-83(79-69-56-48-42-36-30-24-18-12-4,80-70-57-49-43-37-31-25-19-13-5)81-71-58-50-44-38-32-26-20-14-6/h33-44H,9-32,45-73H2,1-8H3/b39-33-,40-34-,41-35-,42-36-,43-37-,44-38-. The van der Waals surface area contributed by atoms with E-state index >= 15 is 0 Å². The molecule has 0 rings (SSSR count). The van der Waals surface area contributed by atoms with Crippen molar-refractivity contribution in [3.8, 4) is 0 Å². The van der Waals surface area contributed by atoms with Gasteiger partial charge in [-0.2, -0.15) is 0 Å². The van der Waals surface area contributed by atoms with Crippen molar-refractivity contribution in [1.82, 2.24) is 9.80 Å². The Morgan fingerprint density at radius 2 is 0.398 bits per heavy atom. The zero-order chi connectivity index (χ0) is 60.4. The van der Waals surface area contributed by atoms with Gasteiger partial charge in [0.15, 0.2) is 0 Å². The molecule has 0 atom stereocenters. The molecule has 0 amide bonds. The second-order valence-electron chi connectivity index (χ2n) is 24.0. The van der Waals surface area contributed by atoms with Crippen LogP contribution in [0.15, 0.2) is 72.9 Å². The maximum atomic E-state index is 6.88. The number of rotatable bonds is 68. The fourth-order valence-electron chi connectivity index (χ4n) is 10.0. The Kier molecular flexibility index (Phi) is 65.3. The Hall–Kier alpha value is -1.45. The van der Waals surface area contributed by atoms with Crippen molar-refractivity contribution in [2.24, 2.45) is 0 Å². The van der Waals surface area contributed by atoms with Crippen molar-refractivity contribution in [2.45, 2.75) is 317 Å². The molecular formula is C73H142N2O6Si2. The highest BCUT2D eigenvalue weighted by Gasteiger charge is 2.41. The SMILES string of the molecule is CCCCC/C=C\CCCO[Si](CCCCN(C)CCCN(C)CCCC[Si](OCCC/C=C\CCCCC)(OCCC/C=C\CCCCC)OCCC/C=C\CCCCC)(OCCC/C=C\CCCCC)OCCC/C=C\CCCCC. The van der Waals surface area contributed by atoms with Crippen LogP contribution in [-0.2, 0) is 26.6 Å². The van der Waals surface area contributed by atoms with Crippen LogP contribution in [0.1, 0.15) is 305 Å². The average Bonchev–Trinajstić information content (AvgIpc) is 3.51. The van der Waals surface area contributed by atoms with E-state index in [9.17, 15) is 0 Å². The first-order chi connectivity index (χ1) is 40.9. The number of hydrogen-bond donors (Lipinski definition) is 0. The van der Waals surface area contributed by atoms with Gasteiger partial charge < -0.3 is 36.4 Å². The summed E-state index contributed by atoms with van der Waals surface area (Å²) in [7, 11) is -1.14. The molecule has 0 heterocycles. The van der Waals surface area contributed by atoms with E-state index in [0.717, 1.165) is 147 Å². The third-order valence-electron chi connectivity index (χ3n) is 15.5. The maximum Gasteiger partial charge on any atom is 0.500 e. The number of hydrogen-bond acceptors (Lipinski definition) is 8. The minimum absolute atomic E-state index is 0.706. The molecule has 0 unspecified atom stereocenters.